The summed E-state index contributed by atoms with van der Waals surface area (Å²) in [7, 11) is -0.432. The van der Waals surface area contributed by atoms with Crippen LogP contribution in [0.3, 0.4) is 0 Å². The molecule has 0 fully saturated rings. The minimum atomic E-state index is -0.432. The molecule has 14 heavy (non-hydrogen) atoms. The maximum absolute atomic E-state index is 9.08. The fourth-order valence-electron chi connectivity index (χ4n) is 1.29. The summed E-state index contributed by atoms with van der Waals surface area (Å²) in [6.45, 7) is 2.67. The molecule has 0 saturated carbocycles. The van der Waals surface area contributed by atoms with Crippen LogP contribution in [0.25, 0.3) is 0 Å². The third kappa shape index (κ3) is 2.84. The second-order valence-corrected chi connectivity index (χ2v) is 3.15. The van der Waals surface area contributed by atoms with Crippen LogP contribution in [0.5, 0.6) is 0 Å². The van der Waals surface area contributed by atoms with Gasteiger partial charge in [0.2, 0.25) is 0 Å². The molecule has 0 bridgehead atoms. The van der Waals surface area contributed by atoms with E-state index in [9.17, 15) is 0 Å². The predicted octanol–water partition coefficient (Wildman–Crippen LogP) is 0.259. The Bertz CT molecular complexity index is 281. The van der Waals surface area contributed by atoms with Crippen molar-refractivity contribution < 1.29 is 9.76 Å². The van der Waals surface area contributed by atoms with E-state index in [1.807, 2.05) is 31.2 Å². The van der Waals surface area contributed by atoms with Crippen molar-refractivity contribution in [2.75, 3.05) is 6.61 Å². The molecule has 0 aliphatic heterocycles. The van der Waals surface area contributed by atoms with Crippen LogP contribution >= 0.6 is 0 Å². The Kier molecular flexibility index (Phi) is 4.66. The molecule has 0 amide bonds. The number of nitrogens with two attached hydrogens (primary N) is 1. The lowest BCUT2D eigenvalue weighted by Crippen LogP contribution is -2.44. The van der Waals surface area contributed by atoms with Gasteiger partial charge < -0.3 is 15.4 Å². The Morgan fingerprint density at radius 1 is 1.43 bits per heavy atom. The second-order valence-electron chi connectivity index (χ2n) is 3.15. The van der Waals surface area contributed by atoms with E-state index in [1.54, 1.807) is 0 Å². The molecule has 3 nitrogen and oxygen atoms in total. The molecular weight excluding hydrogens is 177 g/mol. The molecule has 0 aromatic heterocycles. The summed E-state index contributed by atoms with van der Waals surface area (Å²) in [5.41, 5.74) is 7.52. The number of benzene rings is 1. The van der Waals surface area contributed by atoms with Gasteiger partial charge in [-0.1, -0.05) is 31.2 Å². The van der Waals surface area contributed by atoms with E-state index in [0.717, 1.165) is 17.4 Å². The van der Waals surface area contributed by atoms with Crippen LogP contribution in [0.1, 0.15) is 18.9 Å². The van der Waals surface area contributed by atoms with Gasteiger partial charge in [-0.15, -0.1) is 0 Å². The summed E-state index contributed by atoms with van der Waals surface area (Å²) < 4.78 is 5.39. The Balaban J connectivity index is 2.72. The fraction of sp³-hybridized carbons (Fsp3) is 0.400. The summed E-state index contributed by atoms with van der Waals surface area (Å²) in [5, 5.41) is 9.08. The van der Waals surface area contributed by atoms with E-state index in [0.29, 0.717) is 6.61 Å². The molecule has 1 aromatic rings. The molecule has 0 aliphatic carbocycles. The lowest BCUT2D eigenvalue weighted by Gasteiger charge is -2.11. The van der Waals surface area contributed by atoms with Crippen molar-refractivity contribution in [1.29, 1.82) is 0 Å². The van der Waals surface area contributed by atoms with Crippen LogP contribution in [0.4, 0.5) is 0 Å². The Hall–Kier alpha value is -0.835. The molecule has 0 radical (unpaired) electrons. The maximum atomic E-state index is 9.08. The van der Waals surface area contributed by atoms with Crippen LogP contribution in [-0.2, 0) is 11.3 Å². The van der Waals surface area contributed by atoms with Crippen molar-refractivity contribution in [1.82, 2.24) is 0 Å². The van der Waals surface area contributed by atoms with Crippen molar-refractivity contribution >= 4 is 12.5 Å². The molecule has 0 spiro atoms. The third-order valence-electron chi connectivity index (χ3n) is 2.03. The van der Waals surface area contributed by atoms with Crippen molar-refractivity contribution in [3.8, 4) is 0 Å². The average molecular weight is 193 g/mol. The second kappa shape index (κ2) is 5.80. The lowest BCUT2D eigenvalue weighted by molar-refractivity contribution is 0.281. The maximum Gasteiger partial charge on any atom is 0.413 e. The van der Waals surface area contributed by atoms with Gasteiger partial charge in [-0.2, -0.15) is 0 Å². The quantitative estimate of drug-likeness (QED) is 0.659. The van der Waals surface area contributed by atoms with Crippen LogP contribution in [-0.4, -0.2) is 18.8 Å². The van der Waals surface area contributed by atoms with Crippen LogP contribution in [0.15, 0.2) is 24.3 Å². The normalized spacial score (nSPS) is 10.2. The molecule has 3 N–H and O–H groups in total. The topological polar surface area (TPSA) is 55.5 Å². The van der Waals surface area contributed by atoms with E-state index in [4.69, 9.17) is 15.4 Å². The molecule has 0 unspecified atom stereocenters. The van der Waals surface area contributed by atoms with E-state index < -0.39 is 7.05 Å². The number of aliphatic hydroxyl groups excluding tert-OH is 1. The summed E-state index contributed by atoms with van der Waals surface area (Å²) in [6.07, 6.45) is 0.939. The van der Waals surface area contributed by atoms with Gasteiger partial charge in [0.15, 0.2) is 0 Å². The molecule has 76 valence electrons. The van der Waals surface area contributed by atoms with E-state index >= 15 is 0 Å². The van der Waals surface area contributed by atoms with Gasteiger partial charge in [-0.05, 0) is 17.4 Å². The average Bonchev–Trinajstić information content (AvgIpc) is 2.25. The van der Waals surface area contributed by atoms with Crippen LogP contribution < -0.4 is 11.1 Å². The first-order chi connectivity index (χ1) is 6.79. The predicted molar refractivity (Wildman–Crippen MR) is 58.2 cm³/mol. The number of hydrogen-bond acceptors (Lipinski definition) is 3. The summed E-state index contributed by atoms with van der Waals surface area (Å²) in [4.78, 5) is 0. The Labute approximate surface area is 85.0 Å². The SMILES string of the molecule is CCCOB(N)c1ccccc1CO. The van der Waals surface area contributed by atoms with E-state index in [-0.39, 0.29) is 6.61 Å². The van der Waals surface area contributed by atoms with E-state index in [2.05, 4.69) is 0 Å². The molecule has 0 aliphatic rings. The molecule has 0 saturated heterocycles. The van der Waals surface area contributed by atoms with Crippen molar-refractivity contribution in [2.45, 2.75) is 20.0 Å². The van der Waals surface area contributed by atoms with Gasteiger partial charge in [0.1, 0.15) is 0 Å². The van der Waals surface area contributed by atoms with Crippen molar-refractivity contribution in [3.05, 3.63) is 29.8 Å². The Morgan fingerprint density at radius 3 is 2.79 bits per heavy atom. The molecule has 1 aromatic carbocycles. The highest BCUT2D eigenvalue weighted by atomic mass is 16.4. The summed E-state index contributed by atoms with van der Waals surface area (Å²) >= 11 is 0. The number of aliphatic hydroxyl groups is 1. The molecule has 0 atom stereocenters. The van der Waals surface area contributed by atoms with Crippen LogP contribution in [0, 0.1) is 0 Å². The fourth-order valence-corrected chi connectivity index (χ4v) is 1.29. The van der Waals surface area contributed by atoms with Crippen molar-refractivity contribution in [2.24, 2.45) is 5.64 Å². The standard InChI is InChI=1S/C10H16BNO2/c1-2-7-14-11(12)10-6-4-3-5-9(10)8-13/h3-6,13H,2,7-8,12H2,1H3. The minimum absolute atomic E-state index is 0.000637. The van der Waals surface area contributed by atoms with Crippen molar-refractivity contribution in [3.63, 3.8) is 0 Å². The smallest absolute Gasteiger partial charge is 0.413 e. The monoisotopic (exact) mass is 193 g/mol. The van der Waals surface area contributed by atoms with Gasteiger partial charge in [-0.3, -0.25) is 0 Å². The third-order valence-corrected chi connectivity index (χ3v) is 2.03. The molecule has 1 rings (SSSR count). The van der Waals surface area contributed by atoms with Gasteiger partial charge in [0, 0.05) is 6.61 Å². The highest BCUT2D eigenvalue weighted by Crippen LogP contribution is 1.97. The zero-order chi connectivity index (χ0) is 10.4. The zero-order valence-electron chi connectivity index (χ0n) is 8.44. The van der Waals surface area contributed by atoms with Gasteiger partial charge in [0.25, 0.3) is 0 Å². The van der Waals surface area contributed by atoms with E-state index in [1.165, 1.54) is 0 Å². The molecule has 0 heterocycles. The minimum Gasteiger partial charge on any atom is -0.418 e. The Morgan fingerprint density at radius 2 is 2.14 bits per heavy atom. The molecular formula is C10H16BNO2. The first kappa shape index (κ1) is 11.2. The zero-order valence-corrected chi connectivity index (χ0v) is 8.44. The largest absolute Gasteiger partial charge is 0.418 e. The number of hydrogen-bond donors (Lipinski definition) is 2. The van der Waals surface area contributed by atoms with Gasteiger partial charge in [-0.25, -0.2) is 0 Å². The summed E-state index contributed by atoms with van der Waals surface area (Å²) in [5.74, 6) is 0. The first-order valence-corrected chi connectivity index (χ1v) is 4.85. The van der Waals surface area contributed by atoms with Gasteiger partial charge >= 0.3 is 7.05 Å². The highest BCUT2D eigenvalue weighted by Gasteiger charge is 2.15. The van der Waals surface area contributed by atoms with Crippen LogP contribution in [0.2, 0.25) is 0 Å². The number of rotatable bonds is 5. The molecule has 4 heteroatoms. The summed E-state index contributed by atoms with van der Waals surface area (Å²) in [6, 6.07) is 7.50. The first-order valence-electron chi connectivity index (χ1n) is 4.85. The highest BCUT2D eigenvalue weighted by molar-refractivity contribution is 6.64. The lowest BCUT2D eigenvalue weighted by atomic mass is 9.72. The van der Waals surface area contributed by atoms with Gasteiger partial charge in [0.05, 0.1) is 6.61 Å².